The van der Waals surface area contributed by atoms with Crippen molar-refractivity contribution in [2.24, 2.45) is 0 Å². The van der Waals surface area contributed by atoms with Gasteiger partial charge in [0.1, 0.15) is 0 Å². The van der Waals surface area contributed by atoms with Crippen LogP contribution < -0.4 is 14.8 Å². The van der Waals surface area contributed by atoms with E-state index in [1.54, 1.807) is 31.2 Å². The largest absolute Gasteiger partial charge is 0.490 e. The number of benzene rings is 2. The zero-order valence-corrected chi connectivity index (χ0v) is 19.6. The summed E-state index contributed by atoms with van der Waals surface area (Å²) in [6.45, 7) is 3.33. The molecular weight excluding hydrogens is 464 g/mol. The molecule has 2 heterocycles. The third-order valence-corrected chi connectivity index (χ3v) is 7.30. The van der Waals surface area contributed by atoms with Gasteiger partial charge >= 0.3 is 5.97 Å². The number of carbonyl (C=O) groups is 2. The molecule has 0 radical (unpaired) electrons. The van der Waals surface area contributed by atoms with Crippen LogP contribution in [0.2, 0.25) is 0 Å². The molecule has 2 aliphatic rings. The topological polar surface area (TPSA) is 120 Å². The first-order valence-corrected chi connectivity index (χ1v) is 12.3. The Labute approximate surface area is 197 Å². The molecule has 1 N–H and O–H groups in total. The summed E-state index contributed by atoms with van der Waals surface area (Å²) in [6.07, 6.45) is 0.765. The highest BCUT2D eigenvalue weighted by atomic mass is 32.2. The number of ether oxygens (including phenoxy) is 4. The van der Waals surface area contributed by atoms with Gasteiger partial charge in [-0.05, 0) is 36.8 Å². The van der Waals surface area contributed by atoms with Crippen LogP contribution in [0, 0.1) is 6.92 Å². The van der Waals surface area contributed by atoms with Crippen molar-refractivity contribution in [2.75, 3.05) is 51.4 Å². The number of amides is 1. The second-order valence-electron chi connectivity index (χ2n) is 7.83. The fourth-order valence-electron chi connectivity index (χ4n) is 3.56. The van der Waals surface area contributed by atoms with E-state index < -0.39 is 28.5 Å². The number of aryl methyl sites for hydroxylation is 1. The summed E-state index contributed by atoms with van der Waals surface area (Å²) in [4.78, 5) is 25.0. The molecule has 0 unspecified atom stereocenters. The summed E-state index contributed by atoms with van der Waals surface area (Å²) >= 11 is 0. The van der Waals surface area contributed by atoms with Crippen LogP contribution in [0.25, 0.3) is 0 Å². The molecule has 0 aromatic heterocycles. The van der Waals surface area contributed by atoms with Gasteiger partial charge in [-0.2, -0.15) is 4.31 Å². The molecule has 1 amide bonds. The number of rotatable bonds is 6. The van der Waals surface area contributed by atoms with E-state index in [1.807, 2.05) is 0 Å². The van der Waals surface area contributed by atoms with Crippen molar-refractivity contribution in [3.63, 3.8) is 0 Å². The van der Waals surface area contributed by atoms with Crippen LogP contribution in [-0.2, 0) is 24.3 Å². The number of hydrogen-bond acceptors (Lipinski definition) is 8. The Bertz CT molecular complexity index is 1180. The summed E-state index contributed by atoms with van der Waals surface area (Å²) in [7, 11) is -3.77. The molecule has 0 bridgehead atoms. The number of hydrogen-bond donors (Lipinski definition) is 1. The summed E-state index contributed by atoms with van der Waals surface area (Å²) in [5, 5.41) is 2.65. The van der Waals surface area contributed by atoms with Gasteiger partial charge in [0.2, 0.25) is 10.0 Å². The lowest BCUT2D eigenvalue weighted by Crippen LogP contribution is -2.40. The van der Waals surface area contributed by atoms with Gasteiger partial charge in [-0.25, -0.2) is 13.2 Å². The standard InChI is InChI=1S/C23H26N2O8S/c1-16-3-5-18(34(28,29)25-7-11-30-12-8-25)14-19(16)23(27)33-15-22(26)24-17-4-6-20-21(13-17)32-10-2-9-31-20/h3-6,13-14H,2,7-12,15H2,1H3,(H,24,26). The molecular formula is C23H26N2O8S. The Morgan fingerprint density at radius 2 is 1.74 bits per heavy atom. The van der Waals surface area contributed by atoms with Gasteiger partial charge < -0.3 is 24.3 Å². The minimum atomic E-state index is -3.77. The Balaban J connectivity index is 1.39. The number of anilines is 1. The highest BCUT2D eigenvalue weighted by molar-refractivity contribution is 7.89. The summed E-state index contributed by atoms with van der Waals surface area (Å²) in [5.41, 5.74) is 1.09. The fraction of sp³-hybridized carbons (Fsp3) is 0.391. The van der Waals surface area contributed by atoms with Gasteiger partial charge in [0.15, 0.2) is 18.1 Å². The molecule has 1 saturated heterocycles. The summed E-state index contributed by atoms with van der Waals surface area (Å²) in [6, 6.07) is 9.29. The first kappa shape index (κ1) is 24.0. The van der Waals surface area contributed by atoms with Crippen molar-refractivity contribution in [3.8, 4) is 11.5 Å². The predicted molar refractivity (Wildman–Crippen MR) is 122 cm³/mol. The van der Waals surface area contributed by atoms with Crippen molar-refractivity contribution in [2.45, 2.75) is 18.2 Å². The van der Waals surface area contributed by atoms with E-state index in [0.29, 0.717) is 49.2 Å². The number of morpholine rings is 1. The SMILES string of the molecule is Cc1ccc(S(=O)(=O)N2CCOCC2)cc1C(=O)OCC(=O)Nc1ccc2c(c1)OCCCO2. The quantitative estimate of drug-likeness (QED) is 0.611. The zero-order chi connectivity index (χ0) is 24.1. The lowest BCUT2D eigenvalue weighted by atomic mass is 10.1. The molecule has 2 aromatic rings. The fourth-order valence-corrected chi connectivity index (χ4v) is 5.00. The van der Waals surface area contributed by atoms with Crippen LogP contribution in [0.15, 0.2) is 41.3 Å². The number of nitrogens with zero attached hydrogens (tertiary/aromatic N) is 1. The van der Waals surface area contributed by atoms with E-state index >= 15 is 0 Å². The molecule has 0 spiro atoms. The average Bonchev–Trinajstić information content (AvgIpc) is 3.08. The minimum absolute atomic E-state index is 0.0106. The van der Waals surface area contributed by atoms with E-state index in [-0.39, 0.29) is 23.5 Å². The van der Waals surface area contributed by atoms with Crippen LogP contribution in [0.3, 0.4) is 0 Å². The third kappa shape index (κ3) is 5.49. The molecule has 11 heteroatoms. The van der Waals surface area contributed by atoms with Gasteiger partial charge in [-0.15, -0.1) is 0 Å². The molecule has 0 saturated carbocycles. The number of esters is 1. The molecule has 0 atom stereocenters. The van der Waals surface area contributed by atoms with E-state index in [0.717, 1.165) is 6.42 Å². The molecule has 10 nitrogen and oxygen atoms in total. The Morgan fingerprint density at radius 1 is 1.00 bits per heavy atom. The molecule has 0 aliphatic carbocycles. The zero-order valence-electron chi connectivity index (χ0n) is 18.7. The highest BCUT2D eigenvalue weighted by Crippen LogP contribution is 2.32. The van der Waals surface area contributed by atoms with E-state index in [2.05, 4.69) is 5.32 Å². The van der Waals surface area contributed by atoms with Crippen LogP contribution in [0.4, 0.5) is 5.69 Å². The minimum Gasteiger partial charge on any atom is -0.490 e. The Hall–Kier alpha value is -3.15. The lowest BCUT2D eigenvalue weighted by Gasteiger charge is -2.26. The third-order valence-electron chi connectivity index (χ3n) is 5.40. The van der Waals surface area contributed by atoms with E-state index in [1.165, 1.54) is 16.4 Å². The van der Waals surface area contributed by atoms with E-state index in [9.17, 15) is 18.0 Å². The molecule has 1 fully saturated rings. The van der Waals surface area contributed by atoms with Gasteiger partial charge in [0.25, 0.3) is 5.91 Å². The number of carbonyl (C=O) groups excluding carboxylic acids is 2. The molecule has 34 heavy (non-hydrogen) atoms. The van der Waals surface area contributed by atoms with E-state index in [4.69, 9.17) is 18.9 Å². The van der Waals surface area contributed by atoms with Gasteiger partial charge in [0.05, 0.1) is 36.9 Å². The van der Waals surface area contributed by atoms with Crippen LogP contribution in [0.1, 0.15) is 22.3 Å². The average molecular weight is 491 g/mol. The Morgan fingerprint density at radius 3 is 2.50 bits per heavy atom. The first-order chi connectivity index (χ1) is 16.3. The predicted octanol–water partition coefficient (Wildman–Crippen LogP) is 1.97. The van der Waals surface area contributed by atoms with Crippen molar-refractivity contribution in [3.05, 3.63) is 47.5 Å². The lowest BCUT2D eigenvalue weighted by molar-refractivity contribution is -0.119. The highest BCUT2D eigenvalue weighted by Gasteiger charge is 2.27. The summed E-state index contributed by atoms with van der Waals surface area (Å²) < 4.78 is 48.6. The normalized spacial score (nSPS) is 16.4. The van der Waals surface area contributed by atoms with Crippen LogP contribution in [-0.4, -0.2) is 70.7 Å². The molecule has 2 aliphatic heterocycles. The number of sulfonamides is 1. The van der Waals surface area contributed by atoms with Crippen molar-refractivity contribution in [1.82, 2.24) is 4.31 Å². The molecule has 182 valence electrons. The van der Waals surface area contributed by atoms with Gasteiger partial charge in [-0.1, -0.05) is 6.07 Å². The Kier molecular flexibility index (Phi) is 7.35. The van der Waals surface area contributed by atoms with Crippen LogP contribution in [0.5, 0.6) is 11.5 Å². The van der Waals surface area contributed by atoms with Gasteiger partial charge in [0, 0.05) is 31.3 Å². The van der Waals surface area contributed by atoms with Gasteiger partial charge in [-0.3, -0.25) is 4.79 Å². The second kappa shape index (κ2) is 10.4. The van der Waals surface area contributed by atoms with Crippen molar-refractivity contribution >= 4 is 27.6 Å². The number of fused-ring (bicyclic) bond motifs is 1. The van der Waals surface area contributed by atoms with Crippen molar-refractivity contribution in [1.29, 1.82) is 0 Å². The number of nitrogens with one attached hydrogen (secondary N) is 1. The monoisotopic (exact) mass is 490 g/mol. The van der Waals surface area contributed by atoms with Crippen LogP contribution >= 0.6 is 0 Å². The molecule has 4 rings (SSSR count). The summed E-state index contributed by atoms with van der Waals surface area (Å²) in [5.74, 6) is -0.201. The maximum absolute atomic E-state index is 12.9. The maximum Gasteiger partial charge on any atom is 0.338 e. The van der Waals surface area contributed by atoms with Crippen molar-refractivity contribution < 1.29 is 37.0 Å². The smallest absolute Gasteiger partial charge is 0.338 e. The molecule has 2 aromatic carbocycles. The first-order valence-electron chi connectivity index (χ1n) is 10.9. The second-order valence-corrected chi connectivity index (χ2v) is 9.77. The maximum atomic E-state index is 12.9.